The number of carboxylic acids is 1. The Bertz CT molecular complexity index is 464. The summed E-state index contributed by atoms with van der Waals surface area (Å²) in [5, 5.41) is 12.6. The largest absolute Gasteiger partial charge is 0.481 e. The van der Waals surface area contributed by atoms with Crippen LogP contribution in [0.2, 0.25) is 0 Å². The first-order valence-corrected chi connectivity index (χ1v) is 5.96. The van der Waals surface area contributed by atoms with Crippen molar-refractivity contribution in [3.63, 3.8) is 0 Å². The number of aryl methyl sites for hydroxylation is 1. The fourth-order valence-corrected chi connectivity index (χ4v) is 1.76. The number of rotatable bonds is 5. The quantitative estimate of drug-likeness (QED) is 0.854. The van der Waals surface area contributed by atoms with Crippen molar-refractivity contribution in [1.29, 1.82) is 0 Å². The molecule has 1 fully saturated rings. The van der Waals surface area contributed by atoms with E-state index in [1.54, 1.807) is 24.8 Å². The van der Waals surface area contributed by atoms with E-state index in [1.165, 1.54) is 0 Å². The normalized spacial score (nSPS) is 16.3. The van der Waals surface area contributed by atoms with Crippen molar-refractivity contribution in [2.45, 2.75) is 32.7 Å². The second-order valence-electron chi connectivity index (χ2n) is 4.76. The van der Waals surface area contributed by atoms with Gasteiger partial charge in [-0.15, -0.1) is 0 Å². The highest BCUT2D eigenvalue weighted by atomic mass is 16.5. The molecule has 1 amide bonds. The molecule has 1 aliphatic carbocycles. The van der Waals surface area contributed by atoms with Crippen LogP contribution in [0.15, 0.2) is 10.6 Å². The summed E-state index contributed by atoms with van der Waals surface area (Å²) in [6, 6.07) is 1.72. The van der Waals surface area contributed by atoms with Crippen LogP contribution in [0.25, 0.3) is 0 Å². The van der Waals surface area contributed by atoms with Crippen LogP contribution in [0, 0.1) is 12.8 Å². The Balaban J connectivity index is 2.10. The maximum absolute atomic E-state index is 12.2. The fraction of sp³-hybridized carbons (Fsp3) is 0.583. The average Bonchev–Trinajstić information content (AvgIpc) is 3.07. The molecule has 0 aromatic carbocycles. The van der Waals surface area contributed by atoms with Crippen LogP contribution in [0.3, 0.4) is 0 Å². The van der Waals surface area contributed by atoms with Crippen LogP contribution in [0.1, 0.15) is 36.0 Å². The minimum Gasteiger partial charge on any atom is -0.481 e. The molecular weight excluding hydrogens is 236 g/mol. The van der Waals surface area contributed by atoms with E-state index in [1.807, 2.05) is 0 Å². The molecule has 6 nitrogen and oxygen atoms in total. The number of carboxylic acid groups (broad SMARTS) is 1. The first kappa shape index (κ1) is 12.6. The van der Waals surface area contributed by atoms with Gasteiger partial charge in [0, 0.05) is 18.7 Å². The van der Waals surface area contributed by atoms with E-state index < -0.39 is 11.9 Å². The lowest BCUT2D eigenvalue weighted by Gasteiger charge is -2.22. The molecule has 1 N–H and O–H groups in total. The van der Waals surface area contributed by atoms with Gasteiger partial charge >= 0.3 is 5.97 Å². The van der Waals surface area contributed by atoms with Crippen molar-refractivity contribution in [1.82, 2.24) is 10.1 Å². The molecule has 18 heavy (non-hydrogen) atoms. The summed E-state index contributed by atoms with van der Waals surface area (Å²) in [6.07, 6.45) is 1.84. The number of nitrogens with zero attached hydrogens (tertiary/aromatic N) is 2. The molecule has 98 valence electrons. The van der Waals surface area contributed by atoms with E-state index in [9.17, 15) is 9.59 Å². The van der Waals surface area contributed by atoms with Crippen LogP contribution in [-0.4, -0.2) is 39.6 Å². The summed E-state index contributed by atoms with van der Waals surface area (Å²) in [6.45, 7) is 3.54. The second kappa shape index (κ2) is 4.80. The van der Waals surface area contributed by atoms with Gasteiger partial charge in [0.05, 0.1) is 11.6 Å². The number of amides is 1. The van der Waals surface area contributed by atoms with E-state index in [-0.39, 0.29) is 24.3 Å². The molecule has 0 saturated heterocycles. The molecule has 2 rings (SSSR count). The summed E-state index contributed by atoms with van der Waals surface area (Å²) < 4.78 is 4.94. The van der Waals surface area contributed by atoms with Crippen LogP contribution < -0.4 is 0 Å². The Labute approximate surface area is 105 Å². The summed E-state index contributed by atoms with van der Waals surface area (Å²) >= 11 is 0. The zero-order chi connectivity index (χ0) is 13.3. The predicted molar refractivity (Wildman–Crippen MR) is 62.1 cm³/mol. The number of carbonyl (C=O) groups is 2. The van der Waals surface area contributed by atoms with Gasteiger partial charge in [0.1, 0.15) is 0 Å². The van der Waals surface area contributed by atoms with Crippen LogP contribution in [-0.2, 0) is 4.79 Å². The molecule has 0 radical (unpaired) electrons. The lowest BCUT2D eigenvalue weighted by atomic mass is 10.1. The monoisotopic (exact) mass is 252 g/mol. The second-order valence-corrected chi connectivity index (χ2v) is 4.76. The summed E-state index contributed by atoms with van der Waals surface area (Å²) in [4.78, 5) is 24.6. The Kier molecular flexibility index (Phi) is 3.36. The predicted octanol–water partition coefficient (Wildman–Crippen LogP) is 1.31. The topological polar surface area (TPSA) is 83.6 Å². The number of hydrogen-bond donors (Lipinski definition) is 1. The van der Waals surface area contributed by atoms with Gasteiger partial charge in [0.2, 0.25) is 5.76 Å². The molecule has 1 atom stereocenters. The number of carbonyl (C=O) groups excluding carboxylic acids is 1. The highest BCUT2D eigenvalue weighted by Gasteiger charge is 2.36. The molecule has 1 aliphatic rings. The van der Waals surface area contributed by atoms with Gasteiger partial charge in [-0.1, -0.05) is 12.1 Å². The van der Waals surface area contributed by atoms with E-state index >= 15 is 0 Å². The first-order valence-electron chi connectivity index (χ1n) is 5.96. The average molecular weight is 252 g/mol. The van der Waals surface area contributed by atoms with Crippen LogP contribution >= 0.6 is 0 Å². The van der Waals surface area contributed by atoms with Crippen molar-refractivity contribution in [2.75, 3.05) is 6.54 Å². The third-order valence-corrected chi connectivity index (χ3v) is 2.98. The highest BCUT2D eigenvalue weighted by Crippen LogP contribution is 2.29. The molecule has 1 aromatic rings. The third kappa shape index (κ3) is 2.69. The molecule has 1 unspecified atom stereocenters. The van der Waals surface area contributed by atoms with E-state index in [4.69, 9.17) is 9.63 Å². The Morgan fingerprint density at radius 2 is 2.28 bits per heavy atom. The van der Waals surface area contributed by atoms with Gasteiger partial charge in [0.15, 0.2) is 0 Å². The van der Waals surface area contributed by atoms with Gasteiger partial charge in [-0.3, -0.25) is 9.59 Å². The third-order valence-electron chi connectivity index (χ3n) is 2.98. The summed E-state index contributed by atoms with van der Waals surface area (Å²) in [5.41, 5.74) is 0.639. The van der Waals surface area contributed by atoms with Crippen LogP contribution in [0.5, 0.6) is 0 Å². The zero-order valence-corrected chi connectivity index (χ0v) is 10.4. The molecule has 1 aromatic heterocycles. The highest BCUT2D eigenvalue weighted by molar-refractivity contribution is 5.92. The maximum Gasteiger partial charge on any atom is 0.308 e. The van der Waals surface area contributed by atoms with Gasteiger partial charge in [-0.05, 0) is 19.8 Å². The van der Waals surface area contributed by atoms with E-state index in [0.29, 0.717) is 5.69 Å². The number of aromatic nitrogens is 1. The van der Waals surface area contributed by atoms with E-state index in [2.05, 4.69) is 5.16 Å². The lowest BCUT2D eigenvalue weighted by molar-refractivity contribution is -0.141. The summed E-state index contributed by atoms with van der Waals surface area (Å²) in [5.74, 6) is -1.58. The fourth-order valence-electron chi connectivity index (χ4n) is 1.76. The molecule has 0 aliphatic heterocycles. The number of aliphatic carboxylic acids is 1. The van der Waals surface area contributed by atoms with Gasteiger partial charge in [0.25, 0.3) is 5.91 Å². The molecule has 0 spiro atoms. The lowest BCUT2D eigenvalue weighted by Crippen LogP contribution is -2.38. The minimum absolute atomic E-state index is 0.143. The maximum atomic E-state index is 12.2. The van der Waals surface area contributed by atoms with E-state index in [0.717, 1.165) is 12.8 Å². The molecule has 1 heterocycles. The molecule has 1 saturated carbocycles. The molecular formula is C12H16N2O4. The number of hydrogen-bond acceptors (Lipinski definition) is 4. The van der Waals surface area contributed by atoms with Crippen LogP contribution in [0.4, 0.5) is 0 Å². The van der Waals surface area contributed by atoms with Crippen molar-refractivity contribution in [3.05, 3.63) is 17.5 Å². The molecule has 6 heteroatoms. The Morgan fingerprint density at radius 1 is 1.61 bits per heavy atom. The van der Waals surface area contributed by atoms with Crippen molar-refractivity contribution in [3.8, 4) is 0 Å². The standard InChI is InChI=1S/C12H16N2O4/c1-7(12(16)17)6-14(9-3-4-9)11(15)10-5-8(2)13-18-10/h5,7,9H,3-4,6H2,1-2H3,(H,16,17). The zero-order valence-electron chi connectivity index (χ0n) is 10.4. The van der Waals surface area contributed by atoms with Gasteiger partial charge in [-0.2, -0.15) is 0 Å². The first-order chi connectivity index (χ1) is 8.49. The minimum atomic E-state index is -0.901. The van der Waals surface area contributed by atoms with Crippen molar-refractivity contribution >= 4 is 11.9 Å². The van der Waals surface area contributed by atoms with Crippen molar-refractivity contribution < 1.29 is 19.2 Å². The smallest absolute Gasteiger partial charge is 0.308 e. The van der Waals surface area contributed by atoms with Gasteiger partial charge in [-0.25, -0.2) is 0 Å². The SMILES string of the molecule is Cc1cc(C(=O)N(CC(C)C(=O)O)C2CC2)on1. The Hall–Kier alpha value is -1.85. The van der Waals surface area contributed by atoms with Crippen molar-refractivity contribution in [2.24, 2.45) is 5.92 Å². The summed E-state index contributed by atoms with van der Waals surface area (Å²) in [7, 11) is 0. The molecule has 0 bridgehead atoms. The Morgan fingerprint density at radius 3 is 2.72 bits per heavy atom. The van der Waals surface area contributed by atoms with Gasteiger partial charge < -0.3 is 14.5 Å².